The molecule has 0 unspecified atom stereocenters. The Hall–Kier alpha value is -2.18. The summed E-state index contributed by atoms with van der Waals surface area (Å²) < 4.78 is 0. The number of hydrogen-bond acceptors (Lipinski definition) is 4. The van der Waals surface area contributed by atoms with Gasteiger partial charge in [0.2, 0.25) is 0 Å². The van der Waals surface area contributed by atoms with E-state index in [1.165, 1.54) is 5.06 Å². The summed E-state index contributed by atoms with van der Waals surface area (Å²) in [6, 6.07) is 4.74. The normalized spacial score (nSPS) is 19.6. The number of carbonyl (C=O) groups excluding carboxylic acids is 2. The molecule has 0 aliphatic carbocycles. The molecule has 0 aromatic heterocycles. The Labute approximate surface area is 129 Å². The van der Waals surface area contributed by atoms with E-state index in [0.29, 0.717) is 28.8 Å². The van der Waals surface area contributed by atoms with Gasteiger partial charge in [0.15, 0.2) is 6.29 Å². The molecule has 0 atom stereocenters. The quantitative estimate of drug-likeness (QED) is 0.502. The lowest BCUT2D eigenvalue weighted by atomic mass is 9.95. The first-order chi connectivity index (χ1) is 10.1. The van der Waals surface area contributed by atoms with Crippen molar-refractivity contribution in [3.63, 3.8) is 0 Å². The summed E-state index contributed by atoms with van der Waals surface area (Å²) in [5.41, 5.74) is 6.29. The van der Waals surface area contributed by atoms with Gasteiger partial charge < -0.3 is 16.3 Å². The standard InChI is InChI=1S/C16H21N3O3/c1-15(2)8-12(16(3,4)19(15)22)14(21)18-11-6-5-10(9-20)13(17)7-11/h5-9,22H,17H2,1-4H3,(H,18,21)/p+1. The van der Waals surface area contributed by atoms with Crippen molar-refractivity contribution in [2.45, 2.75) is 38.8 Å². The Morgan fingerprint density at radius 3 is 2.41 bits per heavy atom. The average Bonchev–Trinajstić information content (AvgIpc) is 2.59. The molecule has 6 heteroatoms. The van der Waals surface area contributed by atoms with Gasteiger partial charge in [-0.15, -0.1) is 0 Å². The van der Waals surface area contributed by atoms with Crippen LogP contribution in [-0.2, 0) is 4.79 Å². The maximum atomic E-state index is 12.5. The van der Waals surface area contributed by atoms with Crippen LogP contribution in [0.4, 0.5) is 11.4 Å². The van der Waals surface area contributed by atoms with E-state index in [-0.39, 0.29) is 5.91 Å². The lowest BCUT2D eigenvalue weighted by Crippen LogP contribution is -2.49. The first-order valence-corrected chi connectivity index (χ1v) is 7.00. The number of nitrogen functional groups attached to an aromatic ring is 1. The number of hydroxylamine groups is 2. The molecule has 0 fully saturated rings. The second-order valence-corrected chi connectivity index (χ2v) is 6.52. The molecule has 0 bridgehead atoms. The van der Waals surface area contributed by atoms with Gasteiger partial charge in [0.25, 0.3) is 5.91 Å². The van der Waals surface area contributed by atoms with Gasteiger partial charge >= 0.3 is 0 Å². The number of benzene rings is 1. The smallest absolute Gasteiger partial charge is 0.253 e. The van der Waals surface area contributed by atoms with Crippen LogP contribution in [-0.4, -0.2) is 33.5 Å². The van der Waals surface area contributed by atoms with Crippen LogP contribution in [0.5, 0.6) is 0 Å². The highest BCUT2D eigenvalue weighted by Crippen LogP contribution is 2.38. The topological polar surface area (TPSA) is 98.3 Å². The van der Waals surface area contributed by atoms with Crippen LogP contribution < -0.4 is 11.1 Å². The minimum absolute atomic E-state index is 0.272. The Bertz CT molecular complexity index is 663. The number of anilines is 2. The van der Waals surface area contributed by atoms with E-state index in [4.69, 9.17) is 10.9 Å². The SMILES string of the molecule is CC1(C)C=C(C(=O)Nc2ccc(C=O)c(N)c2)C(C)(C)N1[OH2+]. The van der Waals surface area contributed by atoms with Crippen molar-refractivity contribution < 1.29 is 14.8 Å². The van der Waals surface area contributed by atoms with Crippen LogP contribution >= 0.6 is 0 Å². The summed E-state index contributed by atoms with van der Waals surface area (Å²) in [5, 5.41) is 12.4. The molecule has 2 rings (SSSR count). The predicted molar refractivity (Wildman–Crippen MR) is 86.6 cm³/mol. The zero-order valence-electron chi connectivity index (χ0n) is 13.2. The Morgan fingerprint density at radius 2 is 1.95 bits per heavy atom. The summed E-state index contributed by atoms with van der Waals surface area (Å²) in [6.07, 6.45) is 2.47. The van der Waals surface area contributed by atoms with Crippen LogP contribution in [0.25, 0.3) is 0 Å². The van der Waals surface area contributed by atoms with Crippen molar-refractivity contribution in [2.24, 2.45) is 0 Å². The molecular formula is C16H22N3O3+. The summed E-state index contributed by atoms with van der Waals surface area (Å²) in [7, 11) is 0. The first kappa shape index (κ1) is 16.2. The third kappa shape index (κ3) is 2.63. The van der Waals surface area contributed by atoms with Gasteiger partial charge in [-0.1, -0.05) is 5.06 Å². The van der Waals surface area contributed by atoms with Crippen LogP contribution in [0.3, 0.4) is 0 Å². The number of rotatable bonds is 3. The van der Waals surface area contributed by atoms with Crippen molar-refractivity contribution in [1.29, 1.82) is 0 Å². The Balaban J connectivity index is 2.26. The van der Waals surface area contributed by atoms with Crippen molar-refractivity contribution in [1.82, 2.24) is 5.06 Å². The Morgan fingerprint density at radius 1 is 1.32 bits per heavy atom. The minimum atomic E-state index is -0.693. The third-order valence-electron chi connectivity index (χ3n) is 4.01. The van der Waals surface area contributed by atoms with E-state index < -0.39 is 11.1 Å². The van der Waals surface area contributed by atoms with Gasteiger partial charge in [-0.3, -0.25) is 9.59 Å². The highest BCUT2D eigenvalue weighted by atomic mass is 16.5. The van der Waals surface area contributed by atoms with E-state index in [0.717, 1.165) is 0 Å². The fraction of sp³-hybridized carbons (Fsp3) is 0.375. The van der Waals surface area contributed by atoms with E-state index in [1.54, 1.807) is 24.3 Å². The zero-order valence-corrected chi connectivity index (χ0v) is 13.2. The molecule has 0 saturated heterocycles. The fourth-order valence-corrected chi connectivity index (χ4v) is 2.74. The second-order valence-electron chi connectivity index (χ2n) is 6.52. The van der Waals surface area contributed by atoms with Gasteiger partial charge in [-0.25, -0.2) is 0 Å². The number of amides is 1. The van der Waals surface area contributed by atoms with E-state index in [1.807, 2.05) is 27.7 Å². The molecule has 5 N–H and O–H groups in total. The second kappa shape index (κ2) is 5.23. The van der Waals surface area contributed by atoms with E-state index >= 15 is 0 Å². The van der Waals surface area contributed by atoms with Crippen LogP contribution in [0.15, 0.2) is 29.8 Å². The molecule has 22 heavy (non-hydrogen) atoms. The summed E-state index contributed by atoms with van der Waals surface area (Å²) in [6.45, 7) is 7.45. The lowest BCUT2D eigenvalue weighted by Gasteiger charge is -2.31. The maximum Gasteiger partial charge on any atom is 0.253 e. The van der Waals surface area contributed by atoms with Crippen LogP contribution in [0.1, 0.15) is 38.1 Å². The molecule has 1 aromatic rings. The number of nitrogens with two attached hydrogens (primary N) is 1. The minimum Gasteiger partial charge on any atom is -0.398 e. The molecule has 0 saturated carbocycles. The Kier molecular flexibility index (Phi) is 3.85. The monoisotopic (exact) mass is 304 g/mol. The lowest BCUT2D eigenvalue weighted by molar-refractivity contribution is -0.185. The zero-order chi connectivity index (χ0) is 16.7. The van der Waals surface area contributed by atoms with Crippen molar-refractivity contribution in [3.05, 3.63) is 35.4 Å². The number of nitrogens with one attached hydrogen (secondary N) is 1. The number of nitrogens with zero attached hydrogens (tertiary/aromatic N) is 1. The van der Waals surface area contributed by atoms with Gasteiger partial charge in [-0.05, 0) is 52.0 Å². The molecule has 0 spiro atoms. The largest absolute Gasteiger partial charge is 0.398 e. The van der Waals surface area contributed by atoms with Gasteiger partial charge in [0, 0.05) is 22.5 Å². The highest BCUT2D eigenvalue weighted by Gasteiger charge is 2.51. The van der Waals surface area contributed by atoms with E-state index in [9.17, 15) is 9.59 Å². The maximum absolute atomic E-state index is 12.5. The van der Waals surface area contributed by atoms with Crippen LogP contribution in [0, 0.1) is 0 Å². The molecule has 1 aliphatic rings. The molecule has 1 heterocycles. The fourth-order valence-electron chi connectivity index (χ4n) is 2.74. The number of carbonyl (C=O) groups is 2. The van der Waals surface area contributed by atoms with Gasteiger partial charge in [0.05, 0.1) is 0 Å². The van der Waals surface area contributed by atoms with Crippen LogP contribution in [0.2, 0.25) is 0 Å². The molecule has 1 aliphatic heterocycles. The summed E-state index contributed by atoms with van der Waals surface area (Å²) in [5.74, 6) is -0.272. The molecular weight excluding hydrogens is 282 g/mol. The summed E-state index contributed by atoms with van der Waals surface area (Å²) >= 11 is 0. The average molecular weight is 304 g/mol. The third-order valence-corrected chi connectivity index (χ3v) is 4.01. The predicted octanol–water partition coefficient (Wildman–Crippen LogP) is 1.46. The molecule has 6 nitrogen and oxygen atoms in total. The van der Waals surface area contributed by atoms with Crippen molar-refractivity contribution in [3.8, 4) is 0 Å². The van der Waals surface area contributed by atoms with Gasteiger partial charge in [0.1, 0.15) is 11.1 Å². The van der Waals surface area contributed by atoms with E-state index in [2.05, 4.69) is 5.32 Å². The van der Waals surface area contributed by atoms with Gasteiger partial charge in [-0.2, -0.15) is 0 Å². The first-order valence-electron chi connectivity index (χ1n) is 7.00. The number of aldehydes is 1. The number of hydrogen-bond donors (Lipinski definition) is 2. The van der Waals surface area contributed by atoms with Crippen molar-refractivity contribution in [2.75, 3.05) is 11.1 Å². The molecule has 118 valence electrons. The highest BCUT2D eigenvalue weighted by molar-refractivity contribution is 6.06. The summed E-state index contributed by atoms with van der Waals surface area (Å²) in [4.78, 5) is 23.3. The van der Waals surface area contributed by atoms with Crippen molar-refractivity contribution >= 4 is 23.6 Å². The molecule has 1 amide bonds. The molecule has 1 aromatic carbocycles. The molecule has 0 radical (unpaired) electrons.